The summed E-state index contributed by atoms with van der Waals surface area (Å²) in [5.74, 6) is -0.123. The lowest BCUT2D eigenvalue weighted by Gasteiger charge is -2.13. The van der Waals surface area contributed by atoms with Gasteiger partial charge in [-0.1, -0.05) is 0 Å². The quantitative estimate of drug-likeness (QED) is 0.728. The number of rotatable bonds is 2. The highest BCUT2D eigenvalue weighted by Gasteiger charge is 2.18. The summed E-state index contributed by atoms with van der Waals surface area (Å²) in [7, 11) is 3.56. The fraction of sp³-hybridized carbons (Fsp3) is 0.286. The minimum absolute atomic E-state index is 0.123. The number of hydrogen-bond acceptors (Lipinski definition) is 5. The van der Waals surface area contributed by atoms with E-state index in [4.69, 9.17) is 0 Å². The van der Waals surface area contributed by atoms with Gasteiger partial charge >= 0.3 is 0 Å². The first kappa shape index (κ1) is 13.7. The Kier molecular flexibility index (Phi) is 3.21. The van der Waals surface area contributed by atoms with Gasteiger partial charge < -0.3 is 0 Å². The highest BCUT2D eigenvalue weighted by molar-refractivity contribution is 7.14. The fourth-order valence-corrected chi connectivity index (χ4v) is 2.97. The van der Waals surface area contributed by atoms with E-state index in [9.17, 15) is 4.79 Å². The molecule has 3 rings (SSSR count). The summed E-state index contributed by atoms with van der Waals surface area (Å²) in [6, 6.07) is 1.84. The minimum atomic E-state index is -0.123. The van der Waals surface area contributed by atoms with Gasteiger partial charge in [0.25, 0.3) is 5.91 Å². The molecule has 1 amide bonds. The Balaban J connectivity index is 1.99. The van der Waals surface area contributed by atoms with E-state index >= 15 is 0 Å². The van der Waals surface area contributed by atoms with Crippen molar-refractivity contribution in [3.63, 3.8) is 0 Å². The number of hydrogen-bond donors (Lipinski definition) is 0. The molecule has 0 aromatic carbocycles. The molecule has 0 aliphatic carbocycles. The standard InChI is InChI=1S/C14H15N5OS/c1-8-7-21-14(16-8)18(3)13(20)10-5-11-9(2)17-19(4)12(11)15-6-10/h5-7H,1-4H3. The number of aromatic nitrogens is 4. The van der Waals surface area contributed by atoms with Crippen LogP contribution in [0, 0.1) is 13.8 Å². The van der Waals surface area contributed by atoms with Crippen LogP contribution in [0.15, 0.2) is 17.6 Å². The molecule has 7 heteroatoms. The third-order valence-electron chi connectivity index (χ3n) is 3.31. The first-order valence-corrected chi connectivity index (χ1v) is 7.35. The number of amides is 1. The van der Waals surface area contributed by atoms with Crippen molar-refractivity contribution in [1.29, 1.82) is 0 Å². The molecule has 0 aliphatic rings. The van der Waals surface area contributed by atoms with Gasteiger partial charge in [0.15, 0.2) is 10.8 Å². The van der Waals surface area contributed by atoms with Gasteiger partial charge in [-0.3, -0.25) is 14.4 Å². The average Bonchev–Trinajstić information content (AvgIpc) is 3.02. The maximum absolute atomic E-state index is 12.5. The fourth-order valence-electron chi connectivity index (χ4n) is 2.20. The monoisotopic (exact) mass is 301 g/mol. The summed E-state index contributed by atoms with van der Waals surface area (Å²) < 4.78 is 1.72. The first-order valence-electron chi connectivity index (χ1n) is 6.47. The van der Waals surface area contributed by atoms with Crippen molar-refractivity contribution in [3.8, 4) is 0 Å². The van der Waals surface area contributed by atoms with Crippen LogP contribution in [0.4, 0.5) is 5.13 Å². The molecule has 108 valence electrons. The second-order valence-corrected chi connectivity index (χ2v) is 5.78. The normalized spacial score (nSPS) is 11.0. The van der Waals surface area contributed by atoms with E-state index in [0.29, 0.717) is 10.7 Å². The van der Waals surface area contributed by atoms with Crippen LogP contribution < -0.4 is 4.90 Å². The summed E-state index contributed by atoms with van der Waals surface area (Å²) in [4.78, 5) is 22.8. The van der Waals surface area contributed by atoms with Gasteiger partial charge in [0.2, 0.25) is 0 Å². The van der Waals surface area contributed by atoms with E-state index in [2.05, 4.69) is 15.1 Å². The molecule has 0 N–H and O–H groups in total. The minimum Gasteiger partial charge on any atom is -0.287 e. The highest BCUT2D eigenvalue weighted by atomic mass is 32.1. The van der Waals surface area contributed by atoms with Gasteiger partial charge in [0.05, 0.1) is 17.0 Å². The Bertz CT molecular complexity index is 835. The molecule has 0 bridgehead atoms. The van der Waals surface area contributed by atoms with Crippen molar-refractivity contribution in [2.24, 2.45) is 7.05 Å². The molecular weight excluding hydrogens is 286 g/mol. The largest absolute Gasteiger partial charge is 0.287 e. The Hall–Kier alpha value is -2.28. The SMILES string of the molecule is Cc1csc(N(C)C(=O)c2cnc3c(c2)c(C)nn3C)n1. The molecule has 6 nitrogen and oxygen atoms in total. The predicted octanol–water partition coefficient (Wildman–Crippen LogP) is 2.32. The molecule has 21 heavy (non-hydrogen) atoms. The van der Waals surface area contributed by atoms with E-state index in [1.54, 1.807) is 22.8 Å². The first-order chi connectivity index (χ1) is 9.97. The van der Waals surface area contributed by atoms with Crippen molar-refractivity contribution in [3.05, 3.63) is 34.6 Å². The maximum Gasteiger partial charge on any atom is 0.261 e. The molecule has 3 aromatic rings. The summed E-state index contributed by atoms with van der Waals surface area (Å²) >= 11 is 1.45. The number of carbonyl (C=O) groups excluding carboxylic acids is 1. The summed E-state index contributed by atoms with van der Waals surface area (Å²) in [5, 5.41) is 7.81. The number of pyridine rings is 1. The zero-order valence-corrected chi connectivity index (χ0v) is 13.1. The number of anilines is 1. The van der Waals surface area contributed by atoms with Gasteiger partial charge in [-0.05, 0) is 19.9 Å². The third kappa shape index (κ3) is 2.29. The van der Waals surface area contributed by atoms with Crippen molar-refractivity contribution in [2.45, 2.75) is 13.8 Å². The van der Waals surface area contributed by atoms with Crippen molar-refractivity contribution in [1.82, 2.24) is 19.7 Å². The molecule has 0 atom stereocenters. The van der Waals surface area contributed by atoms with Crippen molar-refractivity contribution >= 4 is 33.4 Å². The predicted molar refractivity (Wildman–Crippen MR) is 82.8 cm³/mol. The zero-order valence-electron chi connectivity index (χ0n) is 12.3. The van der Waals surface area contributed by atoms with Gasteiger partial charge in [-0.25, -0.2) is 9.97 Å². The molecule has 0 unspecified atom stereocenters. The van der Waals surface area contributed by atoms with Gasteiger partial charge in [-0.15, -0.1) is 11.3 Å². The van der Waals surface area contributed by atoms with E-state index in [0.717, 1.165) is 22.4 Å². The Labute approximate surface area is 126 Å². The molecule has 0 spiro atoms. The van der Waals surface area contributed by atoms with E-state index in [1.165, 1.54) is 11.3 Å². The van der Waals surface area contributed by atoms with Crippen LogP contribution in [0.2, 0.25) is 0 Å². The van der Waals surface area contributed by atoms with E-state index < -0.39 is 0 Å². The zero-order chi connectivity index (χ0) is 15.1. The Morgan fingerprint density at radius 1 is 1.38 bits per heavy atom. The lowest BCUT2D eigenvalue weighted by Crippen LogP contribution is -2.26. The van der Waals surface area contributed by atoms with Crippen LogP contribution in [0.1, 0.15) is 21.7 Å². The second kappa shape index (κ2) is 4.92. The molecule has 0 aliphatic heterocycles. The van der Waals surface area contributed by atoms with Crippen LogP contribution >= 0.6 is 11.3 Å². The van der Waals surface area contributed by atoms with Gasteiger partial charge in [-0.2, -0.15) is 5.10 Å². The average molecular weight is 301 g/mol. The molecular formula is C14H15N5OS. The molecule has 0 saturated heterocycles. The smallest absolute Gasteiger partial charge is 0.261 e. The highest BCUT2D eigenvalue weighted by Crippen LogP contribution is 2.22. The van der Waals surface area contributed by atoms with Crippen molar-refractivity contribution < 1.29 is 4.79 Å². The summed E-state index contributed by atoms with van der Waals surface area (Å²) in [6.45, 7) is 3.82. The number of aryl methyl sites for hydroxylation is 3. The lowest BCUT2D eigenvalue weighted by atomic mass is 10.2. The number of carbonyl (C=O) groups is 1. The van der Waals surface area contributed by atoms with Gasteiger partial charge in [0, 0.05) is 31.1 Å². The molecule has 3 aromatic heterocycles. The maximum atomic E-state index is 12.5. The van der Waals surface area contributed by atoms with Crippen LogP contribution in [0.25, 0.3) is 11.0 Å². The van der Waals surface area contributed by atoms with Gasteiger partial charge in [0.1, 0.15) is 0 Å². The van der Waals surface area contributed by atoms with E-state index in [1.807, 2.05) is 32.3 Å². The second-order valence-electron chi connectivity index (χ2n) is 4.94. The molecule has 0 radical (unpaired) electrons. The van der Waals surface area contributed by atoms with Crippen LogP contribution in [-0.4, -0.2) is 32.7 Å². The van der Waals surface area contributed by atoms with Crippen LogP contribution in [-0.2, 0) is 7.05 Å². The summed E-state index contributed by atoms with van der Waals surface area (Å²) in [5.41, 5.74) is 3.08. The Morgan fingerprint density at radius 2 is 2.14 bits per heavy atom. The topological polar surface area (TPSA) is 63.9 Å². The third-order valence-corrected chi connectivity index (χ3v) is 4.34. The molecule has 3 heterocycles. The van der Waals surface area contributed by atoms with Crippen molar-refractivity contribution in [2.75, 3.05) is 11.9 Å². The molecule has 0 saturated carbocycles. The number of fused-ring (bicyclic) bond motifs is 1. The van der Waals surface area contributed by atoms with Crippen LogP contribution in [0.3, 0.4) is 0 Å². The summed E-state index contributed by atoms with van der Waals surface area (Å²) in [6.07, 6.45) is 1.59. The molecule has 0 fully saturated rings. The lowest BCUT2D eigenvalue weighted by molar-refractivity contribution is 0.0993. The number of thiazole rings is 1. The van der Waals surface area contributed by atoms with Crippen LogP contribution in [0.5, 0.6) is 0 Å². The number of nitrogens with zero attached hydrogens (tertiary/aromatic N) is 5. The van der Waals surface area contributed by atoms with E-state index in [-0.39, 0.29) is 5.91 Å². The Morgan fingerprint density at radius 3 is 2.81 bits per heavy atom.